The van der Waals surface area contributed by atoms with Crippen LogP contribution in [0.4, 0.5) is 8.78 Å². The maximum atomic E-state index is 13.4. The van der Waals surface area contributed by atoms with Crippen LogP contribution in [-0.4, -0.2) is 45.3 Å². The third kappa shape index (κ3) is 4.45. The highest BCUT2D eigenvalue weighted by atomic mass is 32.2. The number of hydrogen-bond acceptors (Lipinski definition) is 5. The van der Waals surface area contributed by atoms with Crippen LogP contribution in [0.1, 0.15) is 29.1 Å². The number of aromatic nitrogens is 3. The first kappa shape index (κ1) is 20.2. The molecule has 0 aliphatic carbocycles. The van der Waals surface area contributed by atoms with Gasteiger partial charge in [-0.1, -0.05) is 11.8 Å². The van der Waals surface area contributed by atoms with E-state index in [0.717, 1.165) is 0 Å². The van der Waals surface area contributed by atoms with Gasteiger partial charge in [0.25, 0.3) is 0 Å². The van der Waals surface area contributed by atoms with E-state index in [1.807, 2.05) is 30.5 Å². The number of hydrogen-bond donors (Lipinski definition) is 0. The van der Waals surface area contributed by atoms with Gasteiger partial charge >= 0.3 is 0 Å². The van der Waals surface area contributed by atoms with Crippen LogP contribution in [0.3, 0.4) is 0 Å². The SMILES string of the molecule is C[C@@H](c1nnc(SCC(=O)c2ccc(F)cc2)n1-c1ccc(F)cc1)N(C)C. The van der Waals surface area contributed by atoms with Crippen LogP contribution in [0.2, 0.25) is 0 Å². The molecule has 0 radical (unpaired) electrons. The van der Waals surface area contributed by atoms with Crippen LogP contribution in [0, 0.1) is 11.6 Å². The average molecular weight is 402 g/mol. The molecule has 1 atom stereocenters. The highest BCUT2D eigenvalue weighted by Gasteiger charge is 2.21. The number of nitrogens with zero attached hydrogens (tertiary/aromatic N) is 4. The van der Waals surface area contributed by atoms with Crippen molar-refractivity contribution in [3.05, 3.63) is 71.6 Å². The average Bonchev–Trinajstić information content (AvgIpc) is 3.10. The zero-order chi connectivity index (χ0) is 20.3. The molecule has 3 aromatic rings. The van der Waals surface area contributed by atoms with E-state index in [1.54, 1.807) is 12.1 Å². The lowest BCUT2D eigenvalue weighted by atomic mass is 10.1. The van der Waals surface area contributed by atoms with Gasteiger partial charge in [-0.05, 0) is 69.6 Å². The van der Waals surface area contributed by atoms with Gasteiger partial charge in [0.1, 0.15) is 11.6 Å². The molecule has 5 nitrogen and oxygen atoms in total. The zero-order valence-electron chi connectivity index (χ0n) is 15.8. The molecule has 0 amide bonds. The van der Waals surface area contributed by atoms with Gasteiger partial charge in [0.2, 0.25) is 0 Å². The predicted octanol–water partition coefficient (Wildman–Crippen LogP) is 4.14. The largest absolute Gasteiger partial charge is 0.300 e. The number of benzene rings is 2. The van der Waals surface area contributed by atoms with Crippen LogP contribution in [-0.2, 0) is 0 Å². The summed E-state index contributed by atoms with van der Waals surface area (Å²) in [5.41, 5.74) is 1.15. The van der Waals surface area contributed by atoms with E-state index in [-0.39, 0.29) is 29.2 Å². The molecule has 1 aromatic heterocycles. The molecule has 0 aliphatic heterocycles. The minimum atomic E-state index is -0.387. The molecule has 8 heteroatoms. The third-order valence-electron chi connectivity index (χ3n) is 4.39. The monoisotopic (exact) mass is 402 g/mol. The number of carbonyl (C=O) groups excluding carboxylic acids is 1. The maximum absolute atomic E-state index is 13.4. The Balaban J connectivity index is 1.89. The van der Waals surface area contributed by atoms with Crippen molar-refractivity contribution in [2.24, 2.45) is 0 Å². The molecule has 0 fully saturated rings. The highest BCUT2D eigenvalue weighted by Crippen LogP contribution is 2.27. The van der Waals surface area contributed by atoms with E-state index in [1.165, 1.54) is 48.2 Å². The highest BCUT2D eigenvalue weighted by molar-refractivity contribution is 7.99. The molecule has 0 aliphatic rings. The van der Waals surface area contributed by atoms with E-state index in [2.05, 4.69) is 10.2 Å². The van der Waals surface area contributed by atoms with Gasteiger partial charge in [-0.3, -0.25) is 14.3 Å². The van der Waals surface area contributed by atoms with Gasteiger partial charge < -0.3 is 0 Å². The Morgan fingerprint density at radius 1 is 1.04 bits per heavy atom. The standard InChI is InChI=1S/C20H20F2N4OS/c1-13(25(2)3)19-23-24-20(26(19)17-10-8-16(22)9-11-17)28-12-18(27)14-4-6-15(21)7-5-14/h4-11,13H,12H2,1-3H3/t13-/m0/s1. The summed E-state index contributed by atoms with van der Waals surface area (Å²) in [4.78, 5) is 14.4. The second-order valence-electron chi connectivity index (χ2n) is 6.51. The Kier molecular flexibility index (Phi) is 6.21. The number of thioether (sulfide) groups is 1. The lowest BCUT2D eigenvalue weighted by Gasteiger charge is -2.20. The molecule has 0 saturated heterocycles. The summed E-state index contributed by atoms with van der Waals surface area (Å²) in [6, 6.07) is 11.4. The Morgan fingerprint density at radius 2 is 1.61 bits per heavy atom. The fourth-order valence-corrected chi connectivity index (χ4v) is 3.41. The molecule has 0 bridgehead atoms. The van der Waals surface area contributed by atoms with Crippen LogP contribution in [0.15, 0.2) is 53.7 Å². The van der Waals surface area contributed by atoms with Crippen LogP contribution >= 0.6 is 11.8 Å². The van der Waals surface area contributed by atoms with Crippen molar-refractivity contribution < 1.29 is 13.6 Å². The Labute approximate surface area is 166 Å². The van der Waals surface area contributed by atoms with Crippen molar-refractivity contribution in [3.8, 4) is 5.69 Å². The van der Waals surface area contributed by atoms with Gasteiger partial charge in [-0.2, -0.15) is 0 Å². The minimum Gasteiger partial charge on any atom is -0.300 e. The van der Waals surface area contributed by atoms with Crippen molar-refractivity contribution in [2.45, 2.75) is 18.1 Å². The van der Waals surface area contributed by atoms with Crippen molar-refractivity contribution >= 4 is 17.5 Å². The summed E-state index contributed by atoms with van der Waals surface area (Å²) < 4.78 is 28.2. The van der Waals surface area contributed by atoms with Crippen LogP contribution in [0.25, 0.3) is 5.69 Å². The van der Waals surface area contributed by atoms with Crippen molar-refractivity contribution in [1.82, 2.24) is 19.7 Å². The van der Waals surface area contributed by atoms with Gasteiger partial charge in [0, 0.05) is 11.3 Å². The van der Waals surface area contributed by atoms with Crippen molar-refractivity contribution in [3.63, 3.8) is 0 Å². The molecule has 3 rings (SSSR count). The normalized spacial score (nSPS) is 12.4. The molecule has 0 spiro atoms. The number of halogens is 2. The van der Waals surface area contributed by atoms with E-state index in [4.69, 9.17) is 0 Å². The molecule has 1 heterocycles. The zero-order valence-corrected chi connectivity index (χ0v) is 16.6. The molecular weight excluding hydrogens is 382 g/mol. The van der Waals surface area contributed by atoms with E-state index < -0.39 is 0 Å². The predicted molar refractivity (Wildman–Crippen MR) is 105 cm³/mol. The van der Waals surface area contributed by atoms with E-state index in [0.29, 0.717) is 22.2 Å². The Bertz CT molecular complexity index is 955. The molecule has 146 valence electrons. The summed E-state index contributed by atoms with van der Waals surface area (Å²) in [5.74, 6) is -0.0436. The first-order chi connectivity index (χ1) is 13.4. The van der Waals surface area contributed by atoms with E-state index in [9.17, 15) is 13.6 Å². The van der Waals surface area contributed by atoms with Crippen molar-refractivity contribution in [1.29, 1.82) is 0 Å². The lowest BCUT2D eigenvalue weighted by Crippen LogP contribution is -2.20. The molecular formula is C20H20F2N4OS. The Hall–Kier alpha value is -2.58. The number of ketones is 1. The fraction of sp³-hybridized carbons (Fsp3) is 0.250. The van der Waals surface area contributed by atoms with Gasteiger partial charge in [-0.15, -0.1) is 10.2 Å². The molecule has 0 unspecified atom stereocenters. The molecule has 28 heavy (non-hydrogen) atoms. The molecule has 2 aromatic carbocycles. The minimum absolute atomic E-state index is 0.0419. The summed E-state index contributed by atoms with van der Waals surface area (Å²) >= 11 is 1.24. The molecule has 0 N–H and O–H groups in total. The summed E-state index contributed by atoms with van der Waals surface area (Å²) in [6.45, 7) is 1.99. The van der Waals surface area contributed by atoms with Gasteiger partial charge in [0.05, 0.1) is 11.8 Å². The van der Waals surface area contributed by atoms with Gasteiger partial charge in [-0.25, -0.2) is 8.78 Å². The quantitative estimate of drug-likeness (QED) is 0.439. The molecule has 0 saturated carbocycles. The first-order valence-corrected chi connectivity index (χ1v) is 9.64. The summed E-state index contributed by atoms with van der Waals surface area (Å²) in [6.07, 6.45) is 0. The van der Waals surface area contributed by atoms with Gasteiger partial charge in [0.15, 0.2) is 16.8 Å². The summed E-state index contributed by atoms with van der Waals surface area (Å²) in [5, 5.41) is 9.07. The van der Waals surface area contributed by atoms with E-state index >= 15 is 0 Å². The lowest BCUT2D eigenvalue weighted by molar-refractivity contribution is 0.102. The second-order valence-corrected chi connectivity index (χ2v) is 7.45. The maximum Gasteiger partial charge on any atom is 0.196 e. The van der Waals surface area contributed by atoms with Crippen molar-refractivity contribution in [2.75, 3.05) is 19.8 Å². The fourth-order valence-electron chi connectivity index (χ4n) is 2.56. The van der Waals surface area contributed by atoms with Crippen LogP contribution in [0.5, 0.6) is 0 Å². The number of carbonyl (C=O) groups is 1. The number of Topliss-reactive ketones (excluding diaryl/α,β-unsaturated/α-hetero) is 1. The summed E-state index contributed by atoms with van der Waals surface area (Å²) in [7, 11) is 3.86. The smallest absolute Gasteiger partial charge is 0.196 e. The number of rotatable bonds is 7. The Morgan fingerprint density at radius 3 is 2.18 bits per heavy atom. The first-order valence-electron chi connectivity index (χ1n) is 8.66. The topological polar surface area (TPSA) is 51.0 Å². The van der Waals surface area contributed by atoms with Crippen LogP contribution < -0.4 is 0 Å². The second kappa shape index (κ2) is 8.62. The third-order valence-corrected chi connectivity index (χ3v) is 5.32.